The fourth-order valence-corrected chi connectivity index (χ4v) is 9.30. The molecule has 0 rings (SSSR count). The van der Waals surface area contributed by atoms with Gasteiger partial charge >= 0.3 is 21.7 Å². The molecule has 0 fully saturated rings. The molecule has 0 aromatic heterocycles. The molecular weight excluding hydrogens is 945 g/mol. The third-order valence-electron chi connectivity index (χ3n) is 11.0. The first-order chi connectivity index (χ1) is 30.2. The summed E-state index contributed by atoms with van der Waals surface area (Å²) < 4.78 is 124. The zero-order valence-corrected chi connectivity index (χ0v) is 47.0. The fraction of sp³-hybridized carbons (Fsp3) is 1.00. The summed E-state index contributed by atoms with van der Waals surface area (Å²) >= 11 is 0. The Morgan fingerprint density at radius 3 is 0.385 bits per heavy atom. The van der Waals surface area contributed by atoms with E-state index in [4.69, 9.17) is 0 Å². The zero-order chi connectivity index (χ0) is 49.1. The molecule has 0 amide bonds. The van der Waals surface area contributed by atoms with E-state index in [1.807, 2.05) is 0 Å². The second kappa shape index (κ2) is 55.3. The predicted octanol–water partition coefficient (Wildman–Crippen LogP) is 13.8. The minimum absolute atomic E-state index is 0. The molecule has 0 atom stereocenters. The van der Waals surface area contributed by atoms with E-state index in [1.165, 1.54) is 180 Å². The molecule has 392 valence electrons. The van der Waals surface area contributed by atoms with E-state index in [0.29, 0.717) is 25.7 Å². The average molecular weight is 1050 g/mol. The van der Waals surface area contributed by atoms with Crippen LogP contribution in [0, 0.1) is 0 Å². The van der Waals surface area contributed by atoms with E-state index < -0.39 is 40.5 Å². The summed E-state index contributed by atoms with van der Waals surface area (Å²) in [6.07, 6.45) is 45.8. The van der Waals surface area contributed by atoms with Crippen molar-refractivity contribution < 1.29 is 73.6 Å². The predicted molar refractivity (Wildman–Crippen MR) is 266 cm³/mol. The van der Waals surface area contributed by atoms with E-state index in [1.54, 1.807) is 0 Å². The van der Waals surface area contributed by atoms with Crippen LogP contribution >= 0.6 is 0 Å². The van der Waals surface area contributed by atoms with Crippen molar-refractivity contribution in [3.8, 4) is 0 Å². The molecule has 0 saturated heterocycles. The number of unbranched alkanes of at least 4 members (excludes halogenated alkanes) is 36. The quantitative estimate of drug-likeness (QED) is 0.0315. The Labute approximate surface area is 418 Å². The van der Waals surface area contributed by atoms with E-state index in [2.05, 4.69) is 27.7 Å². The first-order valence-electron chi connectivity index (χ1n) is 26.0. The van der Waals surface area contributed by atoms with Gasteiger partial charge in [-0.2, -0.15) is 0 Å². The Balaban J connectivity index is -0.000000245. The molecule has 0 heterocycles. The average Bonchev–Trinajstić information content (AvgIpc) is 3.20. The Morgan fingerprint density at radius 1 is 0.200 bits per heavy atom. The summed E-state index contributed by atoms with van der Waals surface area (Å²) in [5.74, 6) is -0.764. The van der Waals surface area contributed by atoms with Gasteiger partial charge in [0, 0.05) is 23.0 Å². The summed E-state index contributed by atoms with van der Waals surface area (Å²) in [5, 5.41) is 0. The second-order valence-electron chi connectivity index (χ2n) is 17.8. The van der Waals surface area contributed by atoms with Crippen LogP contribution in [0.5, 0.6) is 0 Å². The molecule has 12 nitrogen and oxygen atoms in total. The van der Waals surface area contributed by atoms with E-state index in [0.717, 1.165) is 51.4 Å². The van der Waals surface area contributed by atoms with Gasteiger partial charge in [-0.3, -0.25) is 0 Å². The molecule has 0 aliphatic heterocycles. The SMILES string of the molecule is CCCCCCCCCCCCS(=O)(=O)[O-].CCCCCCCCCCCCS(=O)(=O)[O-].CCCCCCCCCCCCS(=O)(=O)[O-].CCCCCCCCCCCCS(=O)(=O)[O-].[Ti+4]. The van der Waals surface area contributed by atoms with Gasteiger partial charge in [-0.25, -0.2) is 33.7 Å². The van der Waals surface area contributed by atoms with Gasteiger partial charge in [0.15, 0.2) is 0 Å². The molecule has 0 aromatic carbocycles. The van der Waals surface area contributed by atoms with Gasteiger partial charge in [-0.05, 0) is 25.7 Å². The van der Waals surface area contributed by atoms with Crippen LogP contribution in [0.25, 0.3) is 0 Å². The van der Waals surface area contributed by atoms with Crippen molar-refractivity contribution in [3.05, 3.63) is 0 Å². The first kappa shape index (κ1) is 74.3. The largest absolute Gasteiger partial charge is 4.00 e. The summed E-state index contributed by atoms with van der Waals surface area (Å²) in [4.78, 5) is 0. The minimum atomic E-state index is -3.98. The Kier molecular flexibility index (Phi) is 63.2. The van der Waals surface area contributed by atoms with Crippen LogP contribution in [-0.2, 0) is 62.2 Å². The number of hydrogen-bond donors (Lipinski definition) is 0. The molecule has 0 aromatic rings. The normalized spacial score (nSPS) is 11.7. The third kappa shape index (κ3) is 91.3. The van der Waals surface area contributed by atoms with Gasteiger partial charge in [0.1, 0.15) is 0 Å². The van der Waals surface area contributed by atoms with E-state index in [-0.39, 0.29) is 44.7 Å². The maximum Gasteiger partial charge on any atom is 4.00 e. The van der Waals surface area contributed by atoms with E-state index in [9.17, 15) is 51.9 Å². The summed E-state index contributed by atoms with van der Waals surface area (Å²) in [5.41, 5.74) is 0. The molecule has 65 heavy (non-hydrogen) atoms. The minimum Gasteiger partial charge on any atom is -0.748 e. The first-order valence-corrected chi connectivity index (χ1v) is 32.3. The topological polar surface area (TPSA) is 229 Å². The smallest absolute Gasteiger partial charge is 0.748 e. The Morgan fingerprint density at radius 2 is 0.292 bits per heavy atom. The maximum atomic E-state index is 10.3. The van der Waals surface area contributed by atoms with Gasteiger partial charge < -0.3 is 18.2 Å². The number of rotatable bonds is 44. The summed E-state index contributed by atoms with van der Waals surface area (Å²) in [7, 11) is -15.9. The molecule has 0 aliphatic rings. The van der Waals surface area contributed by atoms with Gasteiger partial charge in [-0.1, -0.05) is 259 Å². The summed E-state index contributed by atoms with van der Waals surface area (Å²) in [6.45, 7) is 8.85. The van der Waals surface area contributed by atoms with Crippen molar-refractivity contribution in [2.24, 2.45) is 0 Å². The molecule has 0 radical (unpaired) electrons. The van der Waals surface area contributed by atoms with Gasteiger partial charge in [0.2, 0.25) is 0 Å². The molecular formula is C48H100O12S4Ti. The van der Waals surface area contributed by atoms with Crippen LogP contribution < -0.4 is 0 Å². The molecule has 0 saturated carbocycles. The molecule has 0 aliphatic carbocycles. The van der Waals surface area contributed by atoms with Crippen molar-refractivity contribution in [2.45, 2.75) is 285 Å². The van der Waals surface area contributed by atoms with Crippen LogP contribution in [0.3, 0.4) is 0 Å². The van der Waals surface area contributed by atoms with E-state index >= 15 is 0 Å². The van der Waals surface area contributed by atoms with Crippen LogP contribution in [0.2, 0.25) is 0 Å². The van der Waals surface area contributed by atoms with Crippen molar-refractivity contribution in [1.29, 1.82) is 0 Å². The maximum absolute atomic E-state index is 10.3. The van der Waals surface area contributed by atoms with Crippen molar-refractivity contribution in [2.75, 3.05) is 23.0 Å². The molecule has 0 bridgehead atoms. The number of hydrogen-bond acceptors (Lipinski definition) is 12. The standard InChI is InChI=1S/4C12H26O3S.Ti/c4*1-2-3-4-5-6-7-8-9-10-11-12-16(13,14)15;/h4*2-12H2,1H3,(H,13,14,15);/q;;;;+4/p-4. The monoisotopic (exact) mass is 1040 g/mol. The fourth-order valence-electron chi connectivity index (χ4n) is 7.07. The van der Waals surface area contributed by atoms with Crippen LogP contribution in [0.4, 0.5) is 0 Å². The third-order valence-corrected chi connectivity index (χ3v) is 14.1. The van der Waals surface area contributed by atoms with Crippen molar-refractivity contribution >= 4 is 40.5 Å². The Hall–Kier alpha value is 0.354. The molecule has 0 N–H and O–H groups in total. The second-order valence-corrected chi connectivity index (χ2v) is 23.9. The van der Waals surface area contributed by atoms with Crippen molar-refractivity contribution in [1.82, 2.24) is 0 Å². The van der Waals surface area contributed by atoms with Gasteiger partial charge in [0.25, 0.3) is 0 Å². The van der Waals surface area contributed by atoms with Crippen LogP contribution in [0.1, 0.15) is 285 Å². The van der Waals surface area contributed by atoms with Crippen molar-refractivity contribution in [3.63, 3.8) is 0 Å². The van der Waals surface area contributed by atoms with Gasteiger partial charge in [-0.15, -0.1) is 0 Å². The summed E-state index contributed by atoms with van der Waals surface area (Å²) in [6, 6.07) is 0. The Bertz CT molecular complexity index is 1150. The van der Waals surface area contributed by atoms with Crippen LogP contribution in [0.15, 0.2) is 0 Å². The zero-order valence-electron chi connectivity index (χ0n) is 42.1. The van der Waals surface area contributed by atoms with Crippen LogP contribution in [-0.4, -0.2) is 74.9 Å². The molecule has 17 heteroatoms. The molecule has 0 unspecified atom stereocenters. The van der Waals surface area contributed by atoms with Gasteiger partial charge in [0.05, 0.1) is 40.5 Å². The molecule has 0 spiro atoms.